The van der Waals surface area contributed by atoms with Crippen LogP contribution in [0.15, 0.2) is 54.6 Å². The monoisotopic (exact) mass is 298 g/mol. The minimum Gasteiger partial charge on any atom is -0.457 e. The molecule has 118 valence electrons. The van der Waals surface area contributed by atoms with Gasteiger partial charge in [-0.15, -0.1) is 0 Å². The lowest BCUT2D eigenvalue weighted by Crippen LogP contribution is -2.28. The summed E-state index contributed by atoms with van der Waals surface area (Å²) in [6, 6.07) is 18.7. The number of rotatable bonds is 9. The minimum atomic E-state index is 0.407. The predicted octanol–water partition coefficient (Wildman–Crippen LogP) is 4.13. The highest BCUT2D eigenvalue weighted by Crippen LogP contribution is 2.24. The lowest BCUT2D eigenvalue weighted by molar-refractivity contribution is 0.477. The van der Waals surface area contributed by atoms with Gasteiger partial charge in [-0.3, -0.25) is 0 Å². The summed E-state index contributed by atoms with van der Waals surface area (Å²) in [5.74, 6) is 1.74. The summed E-state index contributed by atoms with van der Waals surface area (Å²) in [6.07, 6.45) is 2.31. The molecule has 22 heavy (non-hydrogen) atoms. The molecule has 0 bridgehead atoms. The zero-order chi connectivity index (χ0) is 15.6. The van der Waals surface area contributed by atoms with Crippen molar-refractivity contribution < 1.29 is 4.74 Å². The highest BCUT2D eigenvalue weighted by atomic mass is 16.5. The largest absolute Gasteiger partial charge is 0.457 e. The molecule has 2 aromatic rings. The van der Waals surface area contributed by atoms with Crippen LogP contribution in [0.4, 0.5) is 0 Å². The quantitative estimate of drug-likeness (QED) is 0.683. The number of hydrogen-bond acceptors (Lipinski definition) is 3. The zero-order valence-corrected chi connectivity index (χ0v) is 13.5. The summed E-state index contributed by atoms with van der Waals surface area (Å²) < 4.78 is 5.84. The van der Waals surface area contributed by atoms with Crippen LogP contribution in [0.2, 0.25) is 0 Å². The van der Waals surface area contributed by atoms with Gasteiger partial charge < -0.3 is 15.4 Å². The molecule has 1 atom stereocenters. The molecule has 1 unspecified atom stereocenters. The third-order valence-corrected chi connectivity index (χ3v) is 3.60. The second-order valence-electron chi connectivity index (χ2n) is 5.38. The highest BCUT2D eigenvalue weighted by Gasteiger charge is 2.09. The van der Waals surface area contributed by atoms with Gasteiger partial charge in [0.1, 0.15) is 11.5 Å². The Hall–Kier alpha value is -1.84. The molecule has 0 aliphatic carbocycles. The van der Waals surface area contributed by atoms with Crippen molar-refractivity contribution in [3.05, 3.63) is 60.2 Å². The van der Waals surface area contributed by atoms with Crippen LogP contribution in [-0.2, 0) is 0 Å². The van der Waals surface area contributed by atoms with E-state index in [1.165, 1.54) is 12.0 Å². The van der Waals surface area contributed by atoms with Gasteiger partial charge in [-0.1, -0.05) is 43.7 Å². The van der Waals surface area contributed by atoms with Crippen LogP contribution in [0.3, 0.4) is 0 Å². The third-order valence-electron chi connectivity index (χ3n) is 3.60. The number of benzene rings is 2. The lowest BCUT2D eigenvalue weighted by atomic mass is 10.0. The Balaban J connectivity index is 1.99. The Bertz CT molecular complexity index is 525. The van der Waals surface area contributed by atoms with Crippen molar-refractivity contribution in [2.75, 3.05) is 20.1 Å². The SMILES string of the molecule is CCCC(NCCNC)c1ccc(Oc2ccccc2)cc1. The van der Waals surface area contributed by atoms with E-state index in [-0.39, 0.29) is 0 Å². The summed E-state index contributed by atoms with van der Waals surface area (Å²) in [5, 5.41) is 6.77. The number of hydrogen-bond donors (Lipinski definition) is 2. The van der Waals surface area contributed by atoms with E-state index in [2.05, 4.69) is 29.7 Å². The van der Waals surface area contributed by atoms with Crippen molar-refractivity contribution in [3.63, 3.8) is 0 Å². The average molecular weight is 298 g/mol. The van der Waals surface area contributed by atoms with Gasteiger partial charge in [0.15, 0.2) is 0 Å². The Morgan fingerprint density at radius 3 is 2.23 bits per heavy atom. The molecule has 0 fully saturated rings. The van der Waals surface area contributed by atoms with Crippen molar-refractivity contribution >= 4 is 0 Å². The normalized spacial score (nSPS) is 12.1. The van der Waals surface area contributed by atoms with Crippen molar-refractivity contribution in [1.82, 2.24) is 10.6 Å². The maximum Gasteiger partial charge on any atom is 0.127 e. The highest BCUT2D eigenvalue weighted by molar-refractivity contribution is 5.33. The number of para-hydroxylation sites is 1. The minimum absolute atomic E-state index is 0.407. The Morgan fingerprint density at radius 2 is 1.59 bits per heavy atom. The first-order valence-electron chi connectivity index (χ1n) is 8.04. The van der Waals surface area contributed by atoms with E-state index in [0.717, 1.165) is 31.0 Å². The number of ether oxygens (including phenoxy) is 1. The van der Waals surface area contributed by atoms with Crippen LogP contribution in [0, 0.1) is 0 Å². The second-order valence-corrected chi connectivity index (χ2v) is 5.38. The van der Waals surface area contributed by atoms with Gasteiger partial charge >= 0.3 is 0 Å². The van der Waals surface area contributed by atoms with E-state index >= 15 is 0 Å². The van der Waals surface area contributed by atoms with E-state index in [4.69, 9.17) is 4.74 Å². The van der Waals surface area contributed by atoms with E-state index in [1.807, 2.05) is 49.5 Å². The molecule has 0 radical (unpaired) electrons. The molecule has 0 saturated carbocycles. The fraction of sp³-hybridized carbons (Fsp3) is 0.368. The summed E-state index contributed by atoms with van der Waals surface area (Å²) >= 11 is 0. The predicted molar refractivity (Wildman–Crippen MR) is 92.5 cm³/mol. The molecule has 0 spiro atoms. The first-order chi connectivity index (χ1) is 10.8. The Morgan fingerprint density at radius 1 is 0.909 bits per heavy atom. The molecule has 0 amide bonds. The Kier molecular flexibility index (Phi) is 6.94. The number of likely N-dealkylation sites (N-methyl/N-ethyl adjacent to an activating group) is 1. The van der Waals surface area contributed by atoms with Gasteiger partial charge in [0.25, 0.3) is 0 Å². The van der Waals surface area contributed by atoms with Crippen molar-refractivity contribution in [2.45, 2.75) is 25.8 Å². The van der Waals surface area contributed by atoms with Gasteiger partial charge in [0.05, 0.1) is 0 Å². The standard InChI is InChI=1S/C19H26N2O/c1-3-7-19(21-15-14-20-2)16-10-12-18(13-11-16)22-17-8-5-4-6-9-17/h4-6,8-13,19-21H,3,7,14-15H2,1-2H3. The molecule has 0 saturated heterocycles. The zero-order valence-electron chi connectivity index (χ0n) is 13.5. The molecule has 2 aromatic carbocycles. The van der Waals surface area contributed by atoms with E-state index in [9.17, 15) is 0 Å². The lowest BCUT2D eigenvalue weighted by Gasteiger charge is -2.19. The smallest absolute Gasteiger partial charge is 0.127 e. The van der Waals surface area contributed by atoms with Crippen LogP contribution in [0.25, 0.3) is 0 Å². The molecular weight excluding hydrogens is 272 g/mol. The maximum absolute atomic E-state index is 5.84. The van der Waals surface area contributed by atoms with Crippen molar-refractivity contribution in [3.8, 4) is 11.5 Å². The van der Waals surface area contributed by atoms with Gasteiger partial charge in [0.2, 0.25) is 0 Å². The molecule has 2 N–H and O–H groups in total. The van der Waals surface area contributed by atoms with Crippen LogP contribution in [-0.4, -0.2) is 20.1 Å². The summed E-state index contributed by atoms with van der Waals surface area (Å²) in [6.45, 7) is 4.18. The molecule has 2 rings (SSSR count). The molecule has 0 heterocycles. The van der Waals surface area contributed by atoms with Crippen molar-refractivity contribution in [2.24, 2.45) is 0 Å². The Labute approximate surface area is 133 Å². The van der Waals surface area contributed by atoms with E-state index in [0.29, 0.717) is 6.04 Å². The van der Waals surface area contributed by atoms with Crippen LogP contribution >= 0.6 is 0 Å². The van der Waals surface area contributed by atoms with Crippen LogP contribution < -0.4 is 15.4 Å². The van der Waals surface area contributed by atoms with Gasteiger partial charge in [0, 0.05) is 19.1 Å². The first-order valence-corrected chi connectivity index (χ1v) is 8.04. The van der Waals surface area contributed by atoms with Gasteiger partial charge in [-0.05, 0) is 43.3 Å². The van der Waals surface area contributed by atoms with Crippen LogP contribution in [0.1, 0.15) is 31.4 Å². The maximum atomic E-state index is 5.84. The van der Waals surface area contributed by atoms with Crippen molar-refractivity contribution in [1.29, 1.82) is 0 Å². The van der Waals surface area contributed by atoms with Gasteiger partial charge in [-0.2, -0.15) is 0 Å². The molecule has 0 aliphatic rings. The third kappa shape index (κ3) is 5.17. The molecular formula is C19H26N2O. The number of nitrogens with one attached hydrogen (secondary N) is 2. The fourth-order valence-corrected chi connectivity index (χ4v) is 2.44. The first kappa shape index (κ1) is 16.5. The van der Waals surface area contributed by atoms with Crippen LogP contribution in [0.5, 0.6) is 11.5 Å². The van der Waals surface area contributed by atoms with E-state index in [1.54, 1.807) is 0 Å². The topological polar surface area (TPSA) is 33.3 Å². The fourth-order valence-electron chi connectivity index (χ4n) is 2.44. The molecule has 3 nitrogen and oxygen atoms in total. The molecule has 3 heteroatoms. The molecule has 0 aliphatic heterocycles. The average Bonchev–Trinajstić information content (AvgIpc) is 2.56. The van der Waals surface area contributed by atoms with Gasteiger partial charge in [-0.25, -0.2) is 0 Å². The summed E-state index contributed by atoms with van der Waals surface area (Å²) in [4.78, 5) is 0. The summed E-state index contributed by atoms with van der Waals surface area (Å²) in [7, 11) is 1.98. The second kappa shape index (κ2) is 9.23. The molecule has 0 aromatic heterocycles. The summed E-state index contributed by atoms with van der Waals surface area (Å²) in [5.41, 5.74) is 1.32. The van der Waals surface area contributed by atoms with E-state index < -0.39 is 0 Å².